The van der Waals surface area contributed by atoms with Crippen LogP contribution in [0.3, 0.4) is 0 Å². The lowest BCUT2D eigenvalue weighted by Crippen LogP contribution is -2.05. The molecule has 0 saturated carbocycles. The molecule has 0 aliphatic carbocycles. The predicted molar refractivity (Wildman–Crippen MR) is 59.1 cm³/mol. The number of aryl methyl sites for hydroxylation is 1. The Kier molecular flexibility index (Phi) is 3.66. The van der Waals surface area contributed by atoms with Crippen molar-refractivity contribution < 1.29 is 19.8 Å². The topological polar surface area (TPSA) is 74.6 Å². The van der Waals surface area contributed by atoms with E-state index in [4.69, 9.17) is 5.11 Å². The van der Waals surface area contributed by atoms with Crippen LogP contribution in [0.25, 0.3) is 0 Å². The van der Waals surface area contributed by atoms with Crippen molar-refractivity contribution in [1.29, 1.82) is 0 Å². The summed E-state index contributed by atoms with van der Waals surface area (Å²) < 4.78 is 0. The summed E-state index contributed by atoms with van der Waals surface area (Å²) >= 11 is 0. The average Bonchev–Trinajstić information content (AvgIpc) is 2.28. The molecule has 0 aliphatic rings. The monoisotopic (exact) mass is 222 g/mol. The number of carboxylic acids is 1. The van der Waals surface area contributed by atoms with Gasteiger partial charge in [-0.05, 0) is 24.1 Å². The summed E-state index contributed by atoms with van der Waals surface area (Å²) in [5, 5.41) is 18.6. The van der Waals surface area contributed by atoms with E-state index < -0.39 is 11.7 Å². The highest BCUT2D eigenvalue weighted by Crippen LogP contribution is 2.26. The van der Waals surface area contributed by atoms with Gasteiger partial charge >= 0.3 is 5.97 Å². The van der Waals surface area contributed by atoms with Crippen LogP contribution in [0.15, 0.2) is 12.1 Å². The molecule has 1 aromatic rings. The fourth-order valence-electron chi connectivity index (χ4n) is 1.46. The number of carbonyl (C=O) groups is 2. The van der Waals surface area contributed by atoms with Gasteiger partial charge in [0.2, 0.25) is 0 Å². The summed E-state index contributed by atoms with van der Waals surface area (Å²) in [6, 6.07) is 2.94. The molecule has 0 unspecified atom stereocenters. The molecule has 0 atom stereocenters. The standard InChI is InChI=1S/C12H14O4/c1-3-7-5-8(10(13)4-2)11(14)9(6-7)12(15)16/h5-6,14H,3-4H2,1-2H3,(H,15,16). The van der Waals surface area contributed by atoms with Crippen LogP contribution < -0.4 is 0 Å². The number of hydrogen-bond donors (Lipinski definition) is 2. The molecule has 86 valence electrons. The molecule has 0 heterocycles. The summed E-state index contributed by atoms with van der Waals surface area (Å²) in [7, 11) is 0. The minimum absolute atomic E-state index is 0.0965. The van der Waals surface area contributed by atoms with Gasteiger partial charge in [0.1, 0.15) is 11.3 Å². The average molecular weight is 222 g/mol. The molecule has 4 heteroatoms. The fraction of sp³-hybridized carbons (Fsp3) is 0.333. The quantitative estimate of drug-likeness (QED) is 0.766. The van der Waals surface area contributed by atoms with Crippen molar-refractivity contribution >= 4 is 11.8 Å². The normalized spacial score (nSPS) is 10.1. The lowest BCUT2D eigenvalue weighted by atomic mass is 9.99. The lowest BCUT2D eigenvalue weighted by molar-refractivity contribution is 0.0693. The molecule has 1 aromatic carbocycles. The van der Waals surface area contributed by atoms with Crippen molar-refractivity contribution in [3.05, 3.63) is 28.8 Å². The summed E-state index contributed by atoms with van der Waals surface area (Å²) in [4.78, 5) is 22.4. The first-order valence-electron chi connectivity index (χ1n) is 5.13. The largest absolute Gasteiger partial charge is 0.506 e. The molecule has 0 spiro atoms. The summed E-state index contributed by atoms with van der Waals surface area (Å²) in [6.45, 7) is 3.53. The molecule has 4 nitrogen and oxygen atoms in total. The van der Waals surface area contributed by atoms with Crippen LogP contribution in [-0.4, -0.2) is 22.0 Å². The molecule has 0 amide bonds. The molecule has 0 aliphatic heterocycles. The molecule has 0 radical (unpaired) electrons. The van der Waals surface area contributed by atoms with Crippen molar-refractivity contribution in [2.24, 2.45) is 0 Å². The minimum Gasteiger partial charge on any atom is -0.506 e. The zero-order valence-corrected chi connectivity index (χ0v) is 9.28. The van der Waals surface area contributed by atoms with Crippen LogP contribution in [0.5, 0.6) is 5.75 Å². The number of aromatic carboxylic acids is 1. The van der Waals surface area contributed by atoms with Crippen LogP contribution in [0, 0.1) is 0 Å². The number of aromatic hydroxyl groups is 1. The smallest absolute Gasteiger partial charge is 0.339 e. The Morgan fingerprint density at radius 2 is 1.75 bits per heavy atom. The van der Waals surface area contributed by atoms with E-state index in [1.807, 2.05) is 6.92 Å². The Labute approximate surface area is 93.5 Å². The van der Waals surface area contributed by atoms with Crippen molar-refractivity contribution in [2.75, 3.05) is 0 Å². The van der Waals surface area contributed by atoms with Gasteiger partial charge in [-0.3, -0.25) is 4.79 Å². The van der Waals surface area contributed by atoms with Crippen molar-refractivity contribution in [3.8, 4) is 5.75 Å². The lowest BCUT2D eigenvalue weighted by Gasteiger charge is -2.08. The van der Waals surface area contributed by atoms with Gasteiger partial charge in [-0.2, -0.15) is 0 Å². The number of rotatable bonds is 4. The maximum atomic E-state index is 11.5. The highest BCUT2D eigenvalue weighted by Gasteiger charge is 2.18. The van der Waals surface area contributed by atoms with Gasteiger partial charge in [-0.25, -0.2) is 4.79 Å². The van der Waals surface area contributed by atoms with E-state index in [9.17, 15) is 14.7 Å². The molecular weight excluding hydrogens is 208 g/mol. The third kappa shape index (κ3) is 2.21. The van der Waals surface area contributed by atoms with Gasteiger partial charge in [-0.15, -0.1) is 0 Å². The SMILES string of the molecule is CCC(=O)c1cc(CC)cc(C(=O)O)c1O. The van der Waals surface area contributed by atoms with Crippen LogP contribution in [-0.2, 0) is 6.42 Å². The minimum atomic E-state index is -1.22. The number of benzene rings is 1. The number of ketones is 1. The number of carbonyl (C=O) groups excluding carboxylic acids is 1. The molecule has 0 saturated heterocycles. The first-order chi connectivity index (χ1) is 7.51. The molecule has 0 fully saturated rings. The fourth-order valence-corrected chi connectivity index (χ4v) is 1.46. The third-order valence-corrected chi connectivity index (χ3v) is 2.43. The Morgan fingerprint density at radius 1 is 1.19 bits per heavy atom. The maximum absolute atomic E-state index is 11.5. The van der Waals surface area contributed by atoms with Gasteiger partial charge in [0.05, 0.1) is 5.56 Å². The second-order valence-electron chi connectivity index (χ2n) is 3.47. The second kappa shape index (κ2) is 4.79. The highest BCUT2D eigenvalue weighted by atomic mass is 16.4. The van der Waals surface area contributed by atoms with Gasteiger partial charge in [0.25, 0.3) is 0 Å². The van der Waals surface area contributed by atoms with Gasteiger partial charge in [0, 0.05) is 6.42 Å². The molecular formula is C12H14O4. The zero-order chi connectivity index (χ0) is 12.3. The van der Waals surface area contributed by atoms with E-state index in [2.05, 4.69) is 0 Å². The predicted octanol–water partition coefficient (Wildman–Crippen LogP) is 2.25. The number of hydrogen-bond acceptors (Lipinski definition) is 3. The van der Waals surface area contributed by atoms with E-state index in [1.54, 1.807) is 13.0 Å². The molecule has 1 rings (SSSR count). The Morgan fingerprint density at radius 3 is 2.19 bits per heavy atom. The summed E-state index contributed by atoms with van der Waals surface area (Å²) in [5.74, 6) is -1.91. The summed E-state index contributed by atoms with van der Waals surface area (Å²) in [6.07, 6.45) is 0.852. The van der Waals surface area contributed by atoms with Crippen molar-refractivity contribution in [1.82, 2.24) is 0 Å². The van der Waals surface area contributed by atoms with Gasteiger partial charge in [0.15, 0.2) is 5.78 Å². The second-order valence-corrected chi connectivity index (χ2v) is 3.47. The molecule has 2 N–H and O–H groups in total. The zero-order valence-electron chi connectivity index (χ0n) is 9.28. The number of Topliss-reactive ketones (excluding diaryl/α,β-unsaturated/α-hetero) is 1. The van der Waals surface area contributed by atoms with E-state index in [0.717, 1.165) is 5.56 Å². The van der Waals surface area contributed by atoms with Crippen LogP contribution in [0.1, 0.15) is 46.5 Å². The number of phenols is 1. The van der Waals surface area contributed by atoms with Crippen molar-refractivity contribution in [2.45, 2.75) is 26.7 Å². The molecule has 0 aromatic heterocycles. The van der Waals surface area contributed by atoms with Gasteiger partial charge < -0.3 is 10.2 Å². The Hall–Kier alpha value is -1.84. The molecule has 16 heavy (non-hydrogen) atoms. The van der Waals surface area contributed by atoms with E-state index in [0.29, 0.717) is 6.42 Å². The third-order valence-electron chi connectivity index (χ3n) is 2.43. The Balaban J connectivity index is 3.43. The number of carboxylic acid groups (broad SMARTS) is 1. The summed E-state index contributed by atoms with van der Waals surface area (Å²) in [5.41, 5.74) is 0.613. The van der Waals surface area contributed by atoms with Crippen LogP contribution in [0.4, 0.5) is 0 Å². The first kappa shape index (κ1) is 12.2. The van der Waals surface area contributed by atoms with E-state index in [-0.39, 0.29) is 23.3 Å². The maximum Gasteiger partial charge on any atom is 0.339 e. The molecule has 0 bridgehead atoms. The van der Waals surface area contributed by atoms with Gasteiger partial charge in [-0.1, -0.05) is 13.8 Å². The first-order valence-corrected chi connectivity index (χ1v) is 5.13. The van der Waals surface area contributed by atoms with Crippen molar-refractivity contribution in [3.63, 3.8) is 0 Å². The van der Waals surface area contributed by atoms with Crippen LogP contribution in [0.2, 0.25) is 0 Å². The van der Waals surface area contributed by atoms with Crippen LogP contribution >= 0.6 is 0 Å². The van der Waals surface area contributed by atoms with E-state index >= 15 is 0 Å². The van der Waals surface area contributed by atoms with E-state index in [1.165, 1.54) is 6.07 Å². The Bertz CT molecular complexity index is 435. The highest BCUT2D eigenvalue weighted by molar-refractivity contribution is 6.03.